The molecule has 3 atom stereocenters. The minimum absolute atomic E-state index is 0.515. The fraction of sp³-hybridized carbons (Fsp3) is 0.692. The van der Waals surface area contributed by atoms with E-state index in [4.69, 9.17) is 11.6 Å². The third-order valence-electron chi connectivity index (χ3n) is 4.15. The minimum Gasteiger partial charge on any atom is -0.309 e. The number of thiophene rings is 1. The van der Waals surface area contributed by atoms with E-state index in [1.807, 2.05) is 0 Å². The molecule has 4 heteroatoms. The highest BCUT2D eigenvalue weighted by atomic mass is 79.9. The summed E-state index contributed by atoms with van der Waals surface area (Å²) in [6, 6.07) is 2.71. The van der Waals surface area contributed by atoms with Crippen molar-refractivity contribution in [3.05, 3.63) is 19.8 Å². The van der Waals surface area contributed by atoms with E-state index in [1.54, 1.807) is 11.3 Å². The number of rotatable bonds is 4. The van der Waals surface area contributed by atoms with Crippen molar-refractivity contribution in [1.29, 1.82) is 0 Å². The van der Waals surface area contributed by atoms with Crippen LogP contribution in [-0.4, -0.2) is 6.54 Å². The van der Waals surface area contributed by atoms with Gasteiger partial charge in [-0.2, -0.15) is 0 Å². The standard InChI is InChI=1S/C13H17BrClNS/c1-2-16-12(9-4-7-3-8(7)5-9)11-6-10(14)13(15)17-11/h6-9,12,16H,2-5H2,1H3. The average molecular weight is 335 g/mol. The van der Waals surface area contributed by atoms with Crippen LogP contribution in [0.5, 0.6) is 0 Å². The summed E-state index contributed by atoms with van der Waals surface area (Å²) >= 11 is 11.4. The molecule has 1 aromatic heterocycles. The topological polar surface area (TPSA) is 12.0 Å². The van der Waals surface area contributed by atoms with Crippen LogP contribution in [0.1, 0.15) is 37.1 Å². The summed E-state index contributed by atoms with van der Waals surface area (Å²) in [7, 11) is 0. The second-order valence-electron chi connectivity index (χ2n) is 5.29. The van der Waals surface area contributed by atoms with E-state index in [-0.39, 0.29) is 0 Å². The van der Waals surface area contributed by atoms with Crippen LogP contribution in [0, 0.1) is 17.8 Å². The summed E-state index contributed by atoms with van der Waals surface area (Å²) in [6.45, 7) is 3.22. The molecule has 1 aromatic rings. The van der Waals surface area contributed by atoms with Gasteiger partial charge in [-0.1, -0.05) is 18.5 Å². The molecule has 0 bridgehead atoms. The fourth-order valence-electron chi connectivity index (χ4n) is 3.27. The van der Waals surface area contributed by atoms with Crippen molar-refractivity contribution in [2.24, 2.45) is 17.8 Å². The Balaban J connectivity index is 1.79. The van der Waals surface area contributed by atoms with Crippen molar-refractivity contribution < 1.29 is 0 Å². The lowest BCUT2D eigenvalue weighted by Gasteiger charge is -2.24. The van der Waals surface area contributed by atoms with Gasteiger partial charge < -0.3 is 5.32 Å². The monoisotopic (exact) mass is 333 g/mol. The molecule has 1 N–H and O–H groups in total. The first-order chi connectivity index (χ1) is 8.19. The van der Waals surface area contributed by atoms with Crippen LogP contribution in [-0.2, 0) is 0 Å². The summed E-state index contributed by atoms with van der Waals surface area (Å²) in [6.07, 6.45) is 4.31. The zero-order valence-corrected chi connectivity index (χ0v) is 13.0. The molecule has 3 rings (SSSR count). The third kappa shape index (κ3) is 2.44. The Kier molecular flexibility index (Phi) is 3.55. The van der Waals surface area contributed by atoms with Crippen LogP contribution in [0.2, 0.25) is 4.34 Å². The maximum absolute atomic E-state index is 6.16. The predicted octanol–water partition coefficient (Wildman–Crippen LogP) is 4.86. The van der Waals surface area contributed by atoms with Crippen LogP contribution in [0.4, 0.5) is 0 Å². The Bertz CT molecular complexity index is 390. The molecule has 2 fully saturated rings. The van der Waals surface area contributed by atoms with Gasteiger partial charge in [-0.15, -0.1) is 11.3 Å². The summed E-state index contributed by atoms with van der Waals surface area (Å²) < 4.78 is 1.93. The Morgan fingerprint density at radius 1 is 1.47 bits per heavy atom. The van der Waals surface area contributed by atoms with Gasteiger partial charge in [0.05, 0.1) is 0 Å². The zero-order chi connectivity index (χ0) is 12.0. The van der Waals surface area contributed by atoms with E-state index in [0.29, 0.717) is 6.04 Å². The Labute approximate surface area is 120 Å². The molecule has 17 heavy (non-hydrogen) atoms. The van der Waals surface area contributed by atoms with Crippen LogP contribution < -0.4 is 5.32 Å². The molecule has 0 saturated heterocycles. The van der Waals surface area contributed by atoms with Crippen molar-refractivity contribution in [1.82, 2.24) is 5.32 Å². The number of fused-ring (bicyclic) bond motifs is 1. The highest BCUT2D eigenvalue weighted by molar-refractivity contribution is 9.10. The normalized spacial score (nSPS) is 32.5. The molecule has 1 heterocycles. The van der Waals surface area contributed by atoms with Crippen LogP contribution in [0.25, 0.3) is 0 Å². The molecular weight excluding hydrogens is 318 g/mol. The lowest BCUT2D eigenvalue weighted by Crippen LogP contribution is -2.26. The quantitative estimate of drug-likeness (QED) is 0.829. The molecule has 1 nitrogen and oxygen atoms in total. The molecule has 2 saturated carbocycles. The van der Waals surface area contributed by atoms with E-state index in [0.717, 1.165) is 33.1 Å². The second kappa shape index (κ2) is 4.84. The summed E-state index contributed by atoms with van der Waals surface area (Å²) in [5.74, 6) is 2.90. The van der Waals surface area contributed by atoms with E-state index < -0.39 is 0 Å². The van der Waals surface area contributed by atoms with Gasteiger partial charge in [0.1, 0.15) is 4.34 Å². The minimum atomic E-state index is 0.515. The SMILES string of the molecule is CCNC(c1cc(Br)c(Cl)s1)C1CC2CC2C1. The van der Waals surface area contributed by atoms with Crippen molar-refractivity contribution in [2.45, 2.75) is 32.2 Å². The number of hydrogen-bond acceptors (Lipinski definition) is 2. The molecule has 94 valence electrons. The van der Waals surface area contributed by atoms with Gasteiger partial charge in [0.2, 0.25) is 0 Å². The first-order valence-electron chi connectivity index (χ1n) is 6.37. The van der Waals surface area contributed by atoms with Gasteiger partial charge in [-0.05, 0) is 65.6 Å². The van der Waals surface area contributed by atoms with Crippen LogP contribution in [0.3, 0.4) is 0 Å². The average Bonchev–Trinajstić information content (AvgIpc) is 2.76. The molecule has 0 amide bonds. The highest BCUT2D eigenvalue weighted by Gasteiger charge is 2.48. The lowest BCUT2D eigenvalue weighted by molar-refractivity contribution is 0.351. The molecule has 0 spiro atoms. The lowest BCUT2D eigenvalue weighted by atomic mass is 9.93. The van der Waals surface area contributed by atoms with Gasteiger partial charge in [0.25, 0.3) is 0 Å². The van der Waals surface area contributed by atoms with Crippen LogP contribution >= 0.6 is 38.9 Å². The molecule has 2 aliphatic carbocycles. The van der Waals surface area contributed by atoms with Gasteiger partial charge in [-0.3, -0.25) is 0 Å². The predicted molar refractivity (Wildman–Crippen MR) is 77.8 cm³/mol. The van der Waals surface area contributed by atoms with Gasteiger partial charge >= 0.3 is 0 Å². The highest BCUT2D eigenvalue weighted by Crippen LogP contribution is 2.57. The van der Waals surface area contributed by atoms with Crippen molar-refractivity contribution in [3.63, 3.8) is 0 Å². The smallest absolute Gasteiger partial charge is 0.107 e. The molecule has 3 unspecified atom stereocenters. The largest absolute Gasteiger partial charge is 0.309 e. The van der Waals surface area contributed by atoms with Crippen LogP contribution in [0.15, 0.2) is 10.5 Å². The number of nitrogens with one attached hydrogen (secondary N) is 1. The Morgan fingerprint density at radius 2 is 2.18 bits per heavy atom. The Hall–Kier alpha value is 0.430. The number of hydrogen-bond donors (Lipinski definition) is 1. The molecule has 0 radical (unpaired) electrons. The van der Waals surface area contributed by atoms with Crippen molar-refractivity contribution in [3.8, 4) is 0 Å². The third-order valence-corrected chi connectivity index (χ3v) is 6.70. The molecule has 0 aliphatic heterocycles. The summed E-state index contributed by atoms with van der Waals surface area (Å²) in [4.78, 5) is 1.40. The number of halogens is 2. The first kappa shape index (κ1) is 12.5. The molecule has 2 aliphatic rings. The summed E-state index contributed by atoms with van der Waals surface area (Å²) in [5.41, 5.74) is 0. The maximum atomic E-state index is 6.16. The molecular formula is C13H17BrClNS. The van der Waals surface area contributed by atoms with E-state index in [9.17, 15) is 0 Å². The first-order valence-corrected chi connectivity index (χ1v) is 8.36. The Morgan fingerprint density at radius 3 is 2.71 bits per heavy atom. The van der Waals surface area contributed by atoms with Gasteiger partial charge in [0.15, 0.2) is 0 Å². The van der Waals surface area contributed by atoms with E-state index in [1.165, 1.54) is 24.1 Å². The summed E-state index contributed by atoms with van der Waals surface area (Å²) in [5, 5.41) is 3.65. The van der Waals surface area contributed by atoms with E-state index in [2.05, 4.69) is 34.2 Å². The van der Waals surface area contributed by atoms with E-state index >= 15 is 0 Å². The van der Waals surface area contributed by atoms with Gasteiger partial charge in [0, 0.05) is 15.4 Å². The van der Waals surface area contributed by atoms with Crippen molar-refractivity contribution >= 4 is 38.9 Å². The maximum Gasteiger partial charge on any atom is 0.107 e. The molecule has 0 aromatic carbocycles. The van der Waals surface area contributed by atoms with Gasteiger partial charge in [-0.25, -0.2) is 0 Å². The fourth-order valence-corrected chi connectivity index (χ4v) is 5.18. The zero-order valence-electron chi connectivity index (χ0n) is 9.88. The van der Waals surface area contributed by atoms with Crippen molar-refractivity contribution in [2.75, 3.05) is 6.54 Å². The second-order valence-corrected chi connectivity index (χ2v) is 7.83.